The van der Waals surface area contributed by atoms with Crippen molar-refractivity contribution in [1.82, 2.24) is 9.88 Å². The standard InChI is InChI=1S/C32H33N3O4/c1-5-18-39-26-13-9-11-22(28(26)38-6-2)24-19-34-31(37)35(21-16-14-20(3)15-17-21)30(36)32(34,4)29-27(24)23-10-7-8-12-25(23)33-29/h7-17,24,33H,5-6,18-19H2,1-4H3/t24-,32+/m1/s1. The Kier molecular flexibility index (Phi) is 6.09. The van der Waals surface area contributed by atoms with Crippen molar-refractivity contribution in [1.29, 1.82) is 0 Å². The van der Waals surface area contributed by atoms with Gasteiger partial charge in [-0.15, -0.1) is 0 Å². The van der Waals surface area contributed by atoms with E-state index in [0.717, 1.165) is 39.7 Å². The Hall–Kier alpha value is -4.26. The Morgan fingerprint density at radius 3 is 2.49 bits per heavy atom. The maximum absolute atomic E-state index is 14.2. The van der Waals surface area contributed by atoms with Gasteiger partial charge in [-0.1, -0.05) is 55.0 Å². The number of H-pyrrole nitrogens is 1. The third-order valence-electron chi connectivity index (χ3n) is 7.96. The number of ether oxygens (including phenoxy) is 2. The Morgan fingerprint density at radius 1 is 0.974 bits per heavy atom. The van der Waals surface area contributed by atoms with E-state index in [1.54, 1.807) is 4.90 Å². The first kappa shape index (κ1) is 25.0. The molecule has 7 nitrogen and oxygen atoms in total. The number of aromatic nitrogens is 1. The lowest BCUT2D eigenvalue weighted by atomic mass is 9.78. The van der Waals surface area contributed by atoms with Crippen molar-refractivity contribution >= 4 is 28.5 Å². The van der Waals surface area contributed by atoms with E-state index in [0.29, 0.717) is 36.9 Å². The van der Waals surface area contributed by atoms with E-state index in [4.69, 9.17) is 9.47 Å². The Balaban J connectivity index is 1.56. The zero-order chi connectivity index (χ0) is 27.3. The number of carbonyl (C=O) groups is 2. The predicted molar refractivity (Wildman–Crippen MR) is 152 cm³/mol. The third-order valence-corrected chi connectivity index (χ3v) is 7.96. The number of imide groups is 1. The van der Waals surface area contributed by atoms with Crippen molar-refractivity contribution in [2.45, 2.75) is 45.6 Å². The van der Waals surface area contributed by atoms with E-state index >= 15 is 0 Å². The fraction of sp³-hybridized carbons (Fsp3) is 0.312. The van der Waals surface area contributed by atoms with E-state index in [2.05, 4.69) is 18.0 Å². The number of hydrogen-bond donors (Lipinski definition) is 1. The fourth-order valence-corrected chi connectivity index (χ4v) is 6.03. The average molecular weight is 524 g/mol. The van der Waals surface area contributed by atoms with Crippen LogP contribution in [0.15, 0.2) is 66.7 Å². The zero-order valence-electron chi connectivity index (χ0n) is 22.8. The van der Waals surface area contributed by atoms with Gasteiger partial charge in [-0.25, -0.2) is 9.69 Å². The van der Waals surface area contributed by atoms with Crippen LogP contribution in [-0.2, 0) is 10.3 Å². The molecular formula is C32H33N3O4. The first-order valence-electron chi connectivity index (χ1n) is 13.6. The summed E-state index contributed by atoms with van der Waals surface area (Å²) in [6, 6.07) is 21.2. The molecule has 2 atom stereocenters. The molecule has 7 heteroatoms. The number of fused-ring (bicyclic) bond motifs is 5. The first-order valence-corrected chi connectivity index (χ1v) is 13.6. The topological polar surface area (TPSA) is 74.9 Å². The summed E-state index contributed by atoms with van der Waals surface area (Å²) in [5, 5.41) is 1.04. The lowest BCUT2D eigenvalue weighted by Crippen LogP contribution is -2.50. The molecule has 0 spiro atoms. The van der Waals surface area contributed by atoms with Crippen LogP contribution >= 0.6 is 0 Å². The summed E-state index contributed by atoms with van der Waals surface area (Å²) in [6.07, 6.45) is 0.878. The summed E-state index contributed by atoms with van der Waals surface area (Å²) < 4.78 is 12.3. The van der Waals surface area contributed by atoms with Crippen molar-refractivity contribution in [3.63, 3.8) is 0 Å². The number of anilines is 1. The number of amides is 3. The molecule has 1 saturated heterocycles. The largest absolute Gasteiger partial charge is 0.490 e. The number of hydrogen-bond acceptors (Lipinski definition) is 4. The van der Waals surface area contributed by atoms with Crippen LogP contribution in [0.1, 0.15) is 55.5 Å². The summed E-state index contributed by atoms with van der Waals surface area (Å²) in [7, 11) is 0. The molecule has 3 amide bonds. The van der Waals surface area contributed by atoms with Gasteiger partial charge in [0.2, 0.25) is 0 Å². The van der Waals surface area contributed by atoms with Gasteiger partial charge >= 0.3 is 6.03 Å². The average Bonchev–Trinajstić information content (AvgIpc) is 3.42. The molecule has 0 bridgehead atoms. The van der Waals surface area contributed by atoms with Crippen molar-refractivity contribution in [2.75, 3.05) is 24.7 Å². The van der Waals surface area contributed by atoms with E-state index in [-0.39, 0.29) is 17.9 Å². The number of urea groups is 1. The van der Waals surface area contributed by atoms with Gasteiger partial charge in [0.05, 0.1) is 24.6 Å². The van der Waals surface area contributed by atoms with Gasteiger partial charge in [-0.3, -0.25) is 4.79 Å². The second kappa shape index (κ2) is 9.49. The van der Waals surface area contributed by atoms with Gasteiger partial charge in [0.25, 0.3) is 5.91 Å². The van der Waals surface area contributed by atoms with Crippen LogP contribution in [0.5, 0.6) is 11.5 Å². The molecule has 0 aliphatic carbocycles. The van der Waals surface area contributed by atoms with Crippen LogP contribution in [0.2, 0.25) is 0 Å². The molecule has 1 N–H and O–H groups in total. The van der Waals surface area contributed by atoms with E-state index in [1.165, 1.54) is 4.90 Å². The molecule has 4 aromatic rings. The predicted octanol–water partition coefficient (Wildman–Crippen LogP) is 6.49. The van der Waals surface area contributed by atoms with Gasteiger partial charge in [-0.2, -0.15) is 0 Å². The molecule has 200 valence electrons. The molecule has 6 rings (SSSR count). The number of carbonyl (C=O) groups excluding carboxylic acids is 2. The highest BCUT2D eigenvalue weighted by molar-refractivity contribution is 6.23. The van der Waals surface area contributed by atoms with Crippen LogP contribution < -0.4 is 14.4 Å². The van der Waals surface area contributed by atoms with Crippen LogP contribution in [0.25, 0.3) is 10.9 Å². The molecule has 2 aliphatic heterocycles. The molecule has 1 fully saturated rings. The minimum atomic E-state index is -1.17. The lowest BCUT2D eigenvalue weighted by molar-refractivity contribution is -0.125. The van der Waals surface area contributed by atoms with Gasteiger partial charge in [0.15, 0.2) is 17.0 Å². The van der Waals surface area contributed by atoms with Gasteiger partial charge in [0.1, 0.15) is 0 Å². The summed E-state index contributed by atoms with van der Waals surface area (Å²) in [4.78, 5) is 34.8. The van der Waals surface area contributed by atoms with Crippen molar-refractivity contribution in [3.8, 4) is 11.5 Å². The summed E-state index contributed by atoms with van der Waals surface area (Å²) >= 11 is 0. The van der Waals surface area contributed by atoms with Crippen molar-refractivity contribution in [3.05, 3.63) is 89.1 Å². The highest BCUT2D eigenvalue weighted by atomic mass is 16.5. The molecule has 2 aliphatic rings. The summed E-state index contributed by atoms with van der Waals surface area (Å²) in [5.41, 5.74) is 4.10. The van der Waals surface area contributed by atoms with Crippen LogP contribution in [0, 0.1) is 6.92 Å². The SMILES string of the molecule is CCCOc1cccc([C@H]2CN3C(=O)N(c4ccc(C)cc4)C(=O)[C@]3(C)c3[nH]c4ccccc4c32)c1OCC. The highest BCUT2D eigenvalue weighted by Gasteiger charge is 2.60. The molecule has 1 aromatic heterocycles. The number of aromatic amines is 1. The van der Waals surface area contributed by atoms with Gasteiger partial charge in [-0.05, 0) is 57.0 Å². The number of nitrogens with zero attached hydrogens (tertiary/aromatic N) is 2. The minimum Gasteiger partial charge on any atom is -0.490 e. The monoisotopic (exact) mass is 523 g/mol. The van der Waals surface area contributed by atoms with E-state index in [1.807, 2.05) is 81.4 Å². The molecule has 3 heterocycles. The zero-order valence-corrected chi connectivity index (χ0v) is 22.8. The smallest absolute Gasteiger partial charge is 0.332 e. The summed E-state index contributed by atoms with van der Waals surface area (Å²) in [6.45, 7) is 9.25. The molecule has 0 radical (unpaired) electrons. The molecule has 3 aromatic carbocycles. The number of aryl methyl sites for hydroxylation is 1. The number of nitrogens with one attached hydrogen (secondary N) is 1. The molecule has 39 heavy (non-hydrogen) atoms. The van der Waals surface area contributed by atoms with Gasteiger partial charge in [0, 0.05) is 28.9 Å². The Bertz CT molecular complexity index is 1570. The van der Waals surface area contributed by atoms with Crippen LogP contribution in [-0.4, -0.2) is 41.6 Å². The third kappa shape index (κ3) is 3.71. The van der Waals surface area contributed by atoms with Crippen LogP contribution in [0.4, 0.5) is 10.5 Å². The maximum atomic E-state index is 14.2. The number of benzene rings is 3. The lowest BCUT2D eigenvalue weighted by Gasteiger charge is -2.40. The number of para-hydroxylation sites is 2. The highest BCUT2D eigenvalue weighted by Crippen LogP contribution is 2.52. The van der Waals surface area contributed by atoms with E-state index in [9.17, 15) is 9.59 Å². The second-order valence-corrected chi connectivity index (χ2v) is 10.4. The molecule has 0 saturated carbocycles. The number of rotatable bonds is 7. The van der Waals surface area contributed by atoms with E-state index < -0.39 is 5.54 Å². The quantitative estimate of drug-likeness (QED) is 0.281. The van der Waals surface area contributed by atoms with Crippen molar-refractivity contribution < 1.29 is 19.1 Å². The van der Waals surface area contributed by atoms with Crippen LogP contribution in [0.3, 0.4) is 0 Å². The fourth-order valence-electron chi connectivity index (χ4n) is 6.03. The normalized spacial score (nSPS) is 20.4. The van der Waals surface area contributed by atoms with Crippen molar-refractivity contribution in [2.24, 2.45) is 0 Å². The first-order chi connectivity index (χ1) is 18.9. The minimum absolute atomic E-state index is 0.231. The maximum Gasteiger partial charge on any atom is 0.332 e. The molecular weight excluding hydrogens is 490 g/mol. The Morgan fingerprint density at radius 2 is 1.74 bits per heavy atom. The second-order valence-electron chi connectivity index (χ2n) is 10.4. The van der Waals surface area contributed by atoms with Gasteiger partial charge < -0.3 is 19.4 Å². The molecule has 0 unspecified atom stereocenters. The summed E-state index contributed by atoms with van der Waals surface area (Å²) in [5.74, 6) is 0.890. The Labute approximate surface area is 228 Å².